The van der Waals surface area contributed by atoms with Gasteiger partial charge in [-0.15, -0.1) is 0 Å². The van der Waals surface area contributed by atoms with Gasteiger partial charge in [0.15, 0.2) is 0 Å². The van der Waals surface area contributed by atoms with Crippen molar-refractivity contribution >= 4 is 39.3 Å². The second kappa shape index (κ2) is 14.8. The Balaban J connectivity index is 0.000000231. The lowest BCUT2D eigenvalue weighted by molar-refractivity contribution is -0.141. The smallest absolute Gasteiger partial charge is 0.242 e. The number of fused-ring (bicyclic) bond motifs is 1. The van der Waals surface area contributed by atoms with E-state index in [1.165, 1.54) is 0 Å². The highest BCUT2D eigenvalue weighted by Crippen LogP contribution is 2.44. The van der Waals surface area contributed by atoms with Gasteiger partial charge in [-0.05, 0) is 86.4 Å². The third-order valence-corrected chi connectivity index (χ3v) is 11.0. The van der Waals surface area contributed by atoms with Crippen LogP contribution in [0.5, 0.6) is 11.5 Å². The van der Waals surface area contributed by atoms with Gasteiger partial charge in [0.05, 0.1) is 4.75 Å². The second-order valence-electron chi connectivity index (χ2n) is 12.2. The highest BCUT2D eigenvalue weighted by Gasteiger charge is 2.52. The summed E-state index contributed by atoms with van der Waals surface area (Å²) < 4.78 is 31.1. The van der Waals surface area contributed by atoms with Crippen LogP contribution in [-0.4, -0.2) is 48.9 Å². The van der Waals surface area contributed by atoms with Gasteiger partial charge in [0.1, 0.15) is 17.5 Å². The lowest BCUT2D eigenvalue weighted by Gasteiger charge is -2.36. The van der Waals surface area contributed by atoms with Crippen molar-refractivity contribution in [2.75, 3.05) is 7.05 Å². The van der Waals surface area contributed by atoms with Crippen LogP contribution in [-0.2, 0) is 37.4 Å². The second-order valence-corrected chi connectivity index (χ2v) is 14.8. The molecule has 0 spiro atoms. The third-order valence-electron chi connectivity index (χ3n) is 8.59. The van der Waals surface area contributed by atoms with Crippen LogP contribution < -0.4 is 14.8 Å². The predicted octanol–water partition coefficient (Wildman–Crippen LogP) is 5.91. The first-order valence-corrected chi connectivity index (χ1v) is 17.6. The number of benzene rings is 2. The van der Waals surface area contributed by atoms with Crippen molar-refractivity contribution in [1.29, 1.82) is 0 Å². The van der Waals surface area contributed by atoms with Crippen molar-refractivity contribution in [2.45, 2.75) is 89.5 Å². The van der Waals surface area contributed by atoms with Crippen LogP contribution in [0.3, 0.4) is 0 Å². The van der Waals surface area contributed by atoms with E-state index >= 15 is 0 Å². The summed E-state index contributed by atoms with van der Waals surface area (Å²) in [6.07, 6.45) is 9.77. The first-order chi connectivity index (χ1) is 21.4. The molecule has 2 N–H and O–H groups in total. The number of nitrogens with one attached hydrogen (secondary N) is 2. The van der Waals surface area contributed by atoms with Gasteiger partial charge in [-0.1, -0.05) is 56.2 Å². The molecule has 0 bridgehead atoms. The number of amides is 3. The zero-order valence-electron chi connectivity index (χ0n) is 26.5. The van der Waals surface area contributed by atoms with Crippen LogP contribution in [0.2, 0.25) is 5.02 Å². The highest BCUT2D eigenvalue weighted by molar-refractivity contribution is 7.91. The molecule has 244 valence electrons. The van der Waals surface area contributed by atoms with E-state index in [-0.39, 0.29) is 29.6 Å². The number of carbonyl (C=O) groups excluding carboxylic acids is 3. The molecule has 0 radical (unpaired) electrons. The minimum Gasteiger partial charge on any atom is -0.457 e. The Hall–Kier alpha value is -3.37. The molecule has 2 aromatic rings. The molecule has 0 aromatic heterocycles. The maximum atomic E-state index is 12.6. The van der Waals surface area contributed by atoms with Crippen molar-refractivity contribution < 1.29 is 27.5 Å². The average Bonchev–Trinajstić information content (AvgIpc) is 3.95. The number of likely N-dealkylation sites (N-methyl/N-ethyl adjacent to an activating group) is 1. The van der Waals surface area contributed by atoms with E-state index in [0.717, 1.165) is 36.8 Å². The van der Waals surface area contributed by atoms with Gasteiger partial charge in [-0.3, -0.25) is 19.1 Å². The van der Waals surface area contributed by atoms with Gasteiger partial charge in [0.2, 0.25) is 27.7 Å². The van der Waals surface area contributed by atoms with Crippen LogP contribution >= 0.6 is 11.6 Å². The largest absolute Gasteiger partial charge is 0.457 e. The van der Waals surface area contributed by atoms with E-state index in [0.29, 0.717) is 48.7 Å². The van der Waals surface area contributed by atoms with E-state index in [4.69, 9.17) is 16.3 Å². The van der Waals surface area contributed by atoms with Crippen molar-refractivity contribution in [1.82, 2.24) is 14.9 Å². The molecule has 3 atom stereocenters. The number of nitrogens with zero attached hydrogens (tertiary/aromatic N) is 1. The Kier molecular flexibility index (Phi) is 11.4. The average molecular weight is 658 g/mol. The molecule has 2 aromatic carbocycles. The zero-order chi connectivity index (χ0) is 32.8. The summed E-state index contributed by atoms with van der Waals surface area (Å²) in [7, 11) is -1.86. The van der Waals surface area contributed by atoms with E-state index in [1.807, 2.05) is 49.4 Å². The Morgan fingerprint density at radius 2 is 1.80 bits per heavy atom. The molecule has 1 heterocycles. The fraction of sp³-hybridized carbons (Fsp3) is 0.500. The maximum Gasteiger partial charge on any atom is 0.242 e. The summed E-state index contributed by atoms with van der Waals surface area (Å²) in [6, 6.07) is 12.5. The number of halogens is 1. The Bertz CT molecular complexity index is 1540. The minimum atomic E-state index is -3.46. The third kappa shape index (κ3) is 8.88. The van der Waals surface area contributed by atoms with Crippen LogP contribution in [0.15, 0.2) is 54.6 Å². The van der Waals surface area contributed by atoms with Crippen LogP contribution in [0.4, 0.5) is 0 Å². The number of ether oxygens (including phenoxy) is 1. The Morgan fingerprint density at radius 3 is 2.44 bits per heavy atom. The van der Waals surface area contributed by atoms with E-state index < -0.39 is 20.8 Å². The molecule has 45 heavy (non-hydrogen) atoms. The van der Waals surface area contributed by atoms with E-state index in [9.17, 15) is 22.8 Å². The Labute approximate surface area is 271 Å². The summed E-state index contributed by atoms with van der Waals surface area (Å²) in [5.74, 6) is 0.984. The van der Waals surface area contributed by atoms with Crippen molar-refractivity contribution in [3.05, 3.63) is 70.8 Å². The zero-order valence-corrected chi connectivity index (χ0v) is 28.0. The number of hydrogen-bond acceptors (Lipinski definition) is 6. The summed E-state index contributed by atoms with van der Waals surface area (Å²) in [5.41, 5.74) is 2.07. The molecule has 2 saturated carbocycles. The number of hydrogen-bond donors (Lipinski definition) is 2. The van der Waals surface area contributed by atoms with Crippen molar-refractivity contribution in [3.8, 4) is 11.5 Å². The van der Waals surface area contributed by atoms with Gasteiger partial charge in [-0.2, -0.15) is 0 Å². The lowest BCUT2D eigenvalue weighted by Crippen LogP contribution is -2.51. The molecule has 11 heteroatoms. The van der Waals surface area contributed by atoms with Crippen LogP contribution in [0.25, 0.3) is 0 Å². The maximum absolute atomic E-state index is 12.6. The van der Waals surface area contributed by atoms with Crippen LogP contribution in [0, 0.1) is 11.8 Å². The fourth-order valence-electron chi connectivity index (χ4n) is 5.24. The first-order valence-electron chi connectivity index (χ1n) is 15.7. The highest BCUT2D eigenvalue weighted by atomic mass is 35.5. The summed E-state index contributed by atoms with van der Waals surface area (Å²) in [4.78, 5) is 38.5. The SMILES string of the molecule is CC/C=C\[C@@H]1C[C@@H]1C(=O)NS(=O)(=O)C1(C)CC1.CCCCC(=O)N1Cc2ccc(Oc3cccc(Cl)c3)cc2C[C@H]1C(=O)NC. The molecule has 0 saturated heterocycles. The standard InChI is InChI=1S/C22H25ClN2O3.C12H19NO3S/c1-3-4-8-21(26)25-14-15-9-10-19(28-18-7-5-6-17(23)13-18)11-16(15)12-20(25)22(27)24-2;1-3-4-5-9-8-10(9)11(14)13-17(15,16)12(2)6-7-12/h5-7,9-11,13,20H,3-4,8,12,14H2,1-2H3,(H,24,27);4-5,9-10H,3,6-8H2,1-2H3,(H,13,14)/b;5-4-/t20-;9-,10+/m01/s1. The number of unbranched alkanes of at least 4 members (excludes halogenated alkanes) is 1. The monoisotopic (exact) mass is 657 g/mol. The minimum absolute atomic E-state index is 0.0281. The van der Waals surface area contributed by atoms with Gasteiger partial charge in [0, 0.05) is 37.4 Å². The van der Waals surface area contributed by atoms with Crippen molar-refractivity contribution in [3.63, 3.8) is 0 Å². The molecule has 9 nitrogen and oxygen atoms in total. The summed E-state index contributed by atoms with van der Waals surface area (Å²) in [6.45, 7) is 6.21. The molecular formula is C34H44ClN3O6S. The summed E-state index contributed by atoms with van der Waals surface area (Å²) in [5, 5.41) is 3.30. The van der Waals surface area contributed by atoms with Gasteiger partial charge in [0.25, 0.3) is 0 Å². The molecule has 2 aliphatic carbocycles. The van der Waals surface area contributed by atoms with Gasteiger partial charge in [-0.25, -0.2) is 8.42 Å². The number of allylic oxidation sites excluding steroid dienone is 2. The quantitative estimate of drug-likeness (QED) is 0.290. The first kappa shape index (κ1) is 34.5. The number of rotatable bonds is 11. The topological polar surface area (TPSA) is 122 Å². The predicted molar refractivity (Wildman–Crippen MR) is 175 cm³/mol. The molecular weight excluding hydrogens is 614 g/mol. The Morgan fingerprint density at radius 1 is 1.07 bits per heavy atom. The molecule has 5 rings (SSSR count). The normalized spacial score (nSPS) is 21.2. The lowest BCUT2D eigenvalue weighted by atomic mass is 9.92. The molecule has 3 amide bonds. The van der Waals surface area contributed by atoms with E-state index in [2.05, 4.69) is 17.0 Å². The molecule has 3 aliphatic rings. The summed E-state index contributed by atoms with van der Waals surface area (Å²) >= 11 is 6.02. The van der Waals surface area contributed by atoms with Crippen LogP contribution in [0.1, 0.15) is 76.8 Å². The molecule has 1 aliphatic heterocycles. The number of sulfonamides is 1. The van der Waals surface area contributed by atoms with Gasteiger partial charge < -0.3 is 15.0 Å². The number of carbonyl (C=O) groups is 3. The van der Waals surface area contributed by atoms with Gasteiger partial charge >= 0.3 is 0 Å². The fourth-order valence-corrected chi connectivity index (χ4v) is 6.72. The van der Waals surface area contributed by atoms with E-state index in [1.54, 1.807) is 31.0 Å². The van der Waals surface area contributed by atoms with Crippen molar-refractivity contribution in [2.24, 2.45) is 11.8 Å². The molecule has 0 unspecified atom stereocenters. The molecule has 2 fully saturated rings.